The fourth-order valence-corrected chi connectivity index (χ4v) is 1.48. The number of pyridine rings is 1. The number of hydrogen-bond donors (Lipinski definition) is 0. The molecule has 0 aliphatic heterocycles. The van der Waals surface area contributed by atoms with Crippen LogP contribution < -0.4 is 0 Å². The van der Waals surface area contributed by atoms with Crippen LogP contribution in [0.2, 0.25) is 0 Å². The summed E-state index contributed by atoms with van der Waals surface area (Å²) in [4.78, 5) is 24.9. The molecule has 6 heteroatoms. The summed E-state index contributed by atoms with van der Waals surface area (Å²) in [6.45, 7) is 0. The second kappa shape index (κ2) is 5.79. The maximum atomic E-state index is 10.7. The number of hydrazine groups is 1. The first-order valence-electron chi connectivity index (χ1n) is 4.87. The molecule has 0 fully saturated rings. The van der Waals surface area contributed by atoms with Crippen molar-refractivity contribution in [1.82, 2.24) is 9.99 Å². The van der Waals surface area contributed by atoms with Gasteiger partial charge in [-0.1, -0.05) is 6.07 Å². The maximum Gasteiger partial charge on any atom is 0.160 e. The minimum atomic E-state index is -0.484. The van der Waals surface area contributed by atoms with Crippen molar-refractivity contribution in [3.63, 3.8) is 0 Å². The van der Waals surface area contributed by atoms with Gasteiger partial charge in [-0.25, -0.2) is 10.1 Å². The van der Waals surface area contributed by atoms with E-state index in [2.05, 4.69) is 4.98 Å². The number of nitrogens with zero attached hydrogens (tertiary/aromatic N) is 3. The molecular formula is C10H13N3O3. The highest BCUT2D eigenvalue weighted by Crippen LogP contribution is 2.23. The van der Waals surface area contributed by atoms with Gasteiger partial charge in [0, 0.05) is 18.8 Å². The summed E-state index contributed by atoms with van der Waals surface area (Å²) < 4.78 is 0. The Bertz CT molecular complexity index is 356. The predicted octanol–water partition coefficient (Wildman–Crippen LogP) is 1.23. The van der Waals surface area contributed by atoms with Crippen molar-refractivity contribution in [2.24, 2.45) is 0 Å². The minimum Gasteiger partial charge on any atom is -0.303 e. The van der Waals surface area contributed by atoms with E-state index in [4.69, 9.17) is 0 Å². The van der Waals surface area contributed by atoms with Crippen molar-refractivity contribution in [3.8, 4) is 0 Å². The molecule has 6 nitrogen and oxygen atoms in total. The van der Waals surface area contributed by atoms with Crippen LogP contribution in [0.5, 0.6) is 0 Å². The predicted molar refractivity (Wildman–Crippen MR) is 57.0 cm³/mol. The fourth-order valence-electron chi connectivity index (χ4n) is 1.48. The molecule has 1 atom stereocenters. The third-order valence-electron chi connectivity index (χ3n) is 2.34. The van der Waals surface area contributed by atoms with E-state index in [0.29, 0.717) is 6.42 Å². The molecule has 0 aliphatic rings. The van der Waals surface area contributed by atoms with Crippen LogP contribution in [0.4, 0.5) is 0 Å². The van der Waals surface area contributed by atoms with Gasteiger partial charge in [0.25, 0.3) is 0 Å². The Morgan fingerprint density at radius 1 is 1.69 bits per heavy atom. The number of rotatable bonds is 6. The van der Waals surface area contributed by atoms with Crippen LogP contribution in [0.25, 0.3) is 0 Å². The lowest BCUT2D eigenvalue weighted by atomic mass is 10.0. The Balaban J connectivity index is 2.86. The monoisotopic (exact) mass is 223 g/mol. The average molecular weight is 223 g/mol. The Labute approximate surface area is 93.0 Å². The van der Waals surface area contributed by atoms with Crippen molar-refractivity contribution in [3.05, 3.63) is 40.2 Å². The lowest BCUT2D eigenvalue weighted by molar-refractivity contribution is -0.659. The zero-order chi connectivity index (χ0) is 12.0. The molecule has 0 unspecified atom stereocenters. The van der Waals surface area contributed by atoms with E-state index in [1.54, 1.807) is 24.5 Å². The molecule has 0 bridgehead atoms. The van der Waals surface area contributed by atoms with Gasteiger partial charge < -0.3 is 4.79 Å². The minimum absolute atomic E-state index is 0.289. The van der Waals surface area contributed by atoms with Gasteiger partial charge in [-0.3, -0.25) is 4.98 Å². The molecule has 0 aliphatic carbocycles. The van der Waals surface area contributed by atoms with Crippen LogP contribution in [0.1, 0.15) is 24.4 Å². The lowest BCUT2D eigenvalue weighted by Crippen LogP contribution is -2.30. The number of hydrogen-bond acceptors (Lipinski definition) is 4. The van der Waals surface area contributed by atoms with Crippen LogP contribution in [-0.4, -0.2) is 28.4 Å². The van der Waals surface area contributed by atoms with E-state index in [1.807, 2.05) is 0 Å². The third kappa shape index (κ3) is 3.01. The first-order valence-corrected chi connectivity index (χ1v) is 4.87. The third-order valence-corrected chi connectivity index (χ3v) is 2.34. The summed E-state index contributed by atoms with van der Waals surface area (Å²) in [7, 11) is 1.39. The van der Waals surface area contributed by atoms with Gasteiger partial charge in [0.15, 0.2) is 5.03 Å². The second-order valence-electron chi connectivity index (χ2n) is 3.36. The highest BCUT2D eigenvalue weighted by atomic mass is 16.7. The molecule has 0 amide bonds. The van der Waals surface area contributed by atoms with Crippen molar-refractivity contribution in [1.29, 1.82) is 0 Å². The van der Waals surface area contributed by atoms with Gasteiger partial charge in [-0.2, -0.15) is 0 Å². The summed E-state index contributed by atoms with van der Waals surface area (Å²) in [6, 6.07) is 3.06. The summed E-state index contributed by atoms with van der Waals surface area (Å²) in [5.41, 5.74) is 0.739. The standard InChI is InChI=1S/C10H13N3O3/c1-12(13(15)16)10(5-3-7-14)9-4-2-6-11-8-9/h2,4,6-8,10H,3,5H2,1H3/t10-/m0/s1. The molecule has 0 aromatic carbocycles. The molecule has 0 saturated heterocycles. The van der Waals surface area contributed by atoms with Crippen LogP contribution in [-0.2, 0) is 4.79 Å². The molecule has 0 radical (unpaired) electrons. The molecule has 1 aromatic heterocycles. The van der Waals surface area contributed by atoms with Crippen molar-refractivity contribution >= 4 is 6.29 Å². The Morgan fingerprint density at radius 2 is 2.44 bits per heavy atom. The molecule has 16 heavy (non-hydrogen) atoms. The first-order chi connectivity index (χ1) is 7.66. The van der Waals surface area contributed by atoms with Gasteiger partial charge in [-0.15, -0.1) is 5.01 Å². The van der Waals surface area contributed by atoms with Gasteiger partial charge >= 0.3 is 0 Å². The number of aldehydes is 1. The van der Waals surface area contributed by atoms with Gasteiger partial charge in [0.1, 0.15) is 12.3 Å². The Morgan fingerprint density at radius 3 is 2.94 bits per heavy atom. The molecule has 1 aromatic rings. The van der Waals surface area contributed by atoms with Gasteiger partial charge in [0.05, 0.1) is 7.05 Å². The summed E-state index contributed by atoms with van der Waals surface area (Å²) >= 11 is 0. The van der Waals surface area contributed by atoms with E-state index >= 15 is 0 Å². The molecule has 1 heterocycles. The van der Waals surface area contributed by atoms with Gasteiger partial charge in [-0.05, 0) is 18.1 Å². The number of nitro groups is 1. The maximum absolute atomic E-state index is 10.7. The van der Waals surface area contributed by atoms with E-state index < -0.39 is 11.1 Å². The Hall–Kier alpha value is -1.98. The molecule has 86 valence electrons. The highest BCUT2D eigenvalue weighted by molar-refractivity contribution is 5.49. The Kier molecular flexibility index (Phi) is 4.38. The zero-order valence-electron chi connectivity index (χ0n) is 8.94. The molecule has 0 N–H and O–H groups in total. The summed E-state index contributed by atoms with van der Waals surface area (Å²) in [5.74, 6) is 0. The second-order valence-corrected chi connectivity index (χ2v) is 3.36. The normalized spacial score (nSPS) is 11.8. The fraction of sp³-hybridized carbons (Fsp3) is 0.400. The largest absolute Gasteiger partial charge is 0.303 e. The van der Waals surface area contributed by atoms with Crippen LogP contribution in [0.3, 0.4) is 0 Å². The summed E-state index contributed by atoms with van der Waals surface area (Å²) in [5, 5.41) is 11.2. The number of carbonyl (C=O) groups excluding carboxylic acids is 1. The number of aromatic nitrogens is 1. The van der Waals surface area contributed by atoms with Gasteiger partial charge in [0.2, 0.25) is 0 Å². The van der Waals surface area contributed by atoms with E-state index in [0.717, 1.165) is 16.9 Å². The van der Waals surface area contributed by atoms with E-state index in [1.165, 1.54) is 7.05 Å². The van der Waals surface area contributed by atoms with Crippen molar-refractivity contribution < 1.29 is 9.83 Å². The van der Waals surface area contributed by atoms with E-state index in [-0.39, 0.29) is 6.42 Å². The number of carbonyl (C=O) groups is 1. The molecule has 0 spiro atoms. The summed E-state index contributed by atoms with van der Waals surface area (Å²) in [6.07, 6.45) is 4.64. The smallest absolute Gasteiger partial charge is 0.160 e. The SMILES string of the molecule is CN([C@@H](CCC=O)c1cccnc1)[N+](=O)[O-]. The molecule has 1 rings (SSSR count). The average Bonchev–Trinajstić information content (AvgIpc) is 2.30. The van der Waals surface area contributed by atoms with E-state index in [9.17, 15) is 14.9 Å². The zero-order valence-corrected chi connectivity index (χ0v) is 8.94. The highest BCUT2D eigenvalue weighted by Gasteiger charge is 2.23. The van der Waals surface area contributed by atoms with Crippen LogP contribution in [0.15, 0.2) is 24.5 Å². The quantitative estimate of drug-likeness (QED) is 0.412. The first kappa shape index (κ1) is 12.1. The molecule has 0 saturated carbocycles. The van der Waals surface area contributed by atoms with Crippen molar-refractivity contribution in [2.45, 2.75) is 18.9 Å². The molecular weight excluding hydrogens is 210 g/mol. The van der Waals surface area contributed by atoms with Crippen molar-refractivity contribution in [2.75, 3.05) is 7.05 Å². The lowest BCUT2D eigenvalue weighted by Gasteiger charge is -2.20. The topological polar surface area (TPSA) is 76.3 Å². The van der Waals surface area contributed by atoms with Crippen LogP contribution in [0, 0.1) is 10.1 Å². The van der Waals surface area contributed by atoms with Crippen LogP contribution >= 0.6 is 0 Å².